The number of likely N-dealkylation sites (N-methyl/N-ethyl adjacent to an activating group) is 1. The minimum Gasteiger partial charge on any atom is -0.461 e. The van der Waals surface area contributed by atoms with Crippen LogP contribution in [0.15, 0.2) is 49.2 Å². The van der Waals surface area contributed by atoms with E-state index in [1.807, 2.05) is 11.9 Å². The van der Waals surface area contributed by atoms with Gasteiger partial charge in [0.2, 0.25) is 5.91 Å². The molecule has 0 radical (unpaired) electrons. The molecule has 0 saturated carbocycles. The first kappa shape index (κ1) is 35.5. The number of ether oxygens (including phenoxy) is 1. The molecule has 2 aromatic carbocycles. The summed E-state index contributed by atoms with van der Waals surface area (Å²) in [6.45, 7) is 14.4. The molecular weight excluding hydrogens is 672 g/mol. The standard InChI is InChI=1S/C33H33ClF2N6O2.C6H13N/c1-3-25(43)41-16-11-21(18-41)40(2)31-23-17-37-29(22-8-4-7-20-9-10-24(35)27(34)26(20)22)28(36)30(23)38-32(39-31)44-19-33-12-5-14-42(33)15-6-13-33;1-6(2)7-4-3-5-7/h3-4,7-10,17,21H,1,5-6,11-16,18-19H2,2H3;6H,3-5H2,1-2H3. The van der Waals surface area contributed by atoms with Gasteiger partial charge in [0.1, 0.15) is 29.5 Å². The lowest BCUT2D eigenvalue weighted by molar-refractivity contribution is -0.125. The molecule has 4 fully saturated rings. The van der Waals surface area contributed by atoms with Crippen LogP contribution in [0, 0.1) is 11.6 Å². The van der Waals surface area contributed by atoms with Crippen molar-refractivity contribution in [3.8, 4) is 17.3 Å². The third-order valence-corrected chi connectivity index (χ3v) is 11.6. The molecule has 51 heavy (non-hydrogen) atoms. The third kappa shape index (κ3) is 6.76. The summed E-state index contributed by atoms with van der Waals surface area (Å²) in [5, 5.41) is 1.36. The van der Waals surface area contributed by atoms with Crippen molar-refractivity contribution in [3.63, 3.8) is 0 Å². The molecule has 9 nitrogen and oxygen atoms in total. The molecule has 270 valence electrons. The average Bonchev–Trinajstić information content (AvgIpc) is 3.85. The zero-order chi connectivity index (χ0) is 35.9. The van der Waals surface area contributed by atoms with Gasteiger partial charge in [-0.25, -0.2) is 8.78 Å². The predicted molar refractivity (Wildman–Crippen MR) is 198 cm³/mol. The summed E-state index contributed by atoms with van der Waals surface area (Å²) < 4.78 is 37.5. The number of halogens is 3. The minimum absolute atomic E-state index is 0.00817. The number of carbonyl (C=O) groups is 1. The molecular formula is C39H46ClF2N7O2. The molecule has 1 amide bonds. The number of aromatic nitrogens is 3. The lowest BCUT2D eigenvalue weighted by Crippen LogP contribution is -2.43. The van der Waals surface area contributed by atoms with E-state index in [0.29, 0.717) is 53.7 Å². The Labute approximate surface area is 303 Å². The van der Waals surface area contributed by atoms with Gasteiger partial charge in [0.05, 0.1) is 15.9 Å². The number of pyridine rings is 1. The number of rotatable bonds is 8. The van der Waals surface area contributed by atoms with Crippen LogP contribution in [-0.4, -0.2) is 106 Å². The first-order valence-corrected chi connectivity index (χ1v) is 18.5. The second-order valence-corrected chi connectivity index (χ2v) is 14.9. The summed E-state index contributed by atoms with van der Waals surface area (Å²) in [4.78, 5) is 34.9. The van der Waals surface area contributed by atoms with Gasteiger partial charge >= 0.3 is 6.01 Å². The molecule has 0 N–H and O–H groups in total. The molecule has 12 heteroatoms. The van der Waals surface area contributed by atoms with Gasteiger partial charge in [-0.3, -0.25) is 14.7 Å². The van der Waals surface area contributed by atoms with Gasteiger partial charge in [-0.15, -0.1) is 0 Å². The first-order chi connectivity index (χ1) is 24.6. The molecule has 0 spiro atoms. The Morgan fingerprint density at radius 3 is 2.53 bits per heavy atom. The molecule has 4 aromatic rings. The Hall–Kier alpha value is -3.93. The zero-order valence-corrected chi connectivity index (χ0v) is 30.4. The quantitative estimate of drug-likeness (QED) is 0.179. The monoisotopic (exact) mass is 717 g/mol. The van der Waals surface area contributed by atoms with Crippen LogP contribution in [0.3, 0.4) is 0 Å². The maximum atomic E-state index is 16.6. The lowest BCUT2D eigenvalue weighted by atomic mass is 9.95. The summed E-state index contributed by atoms with van der Waals surface area (Å²) in [6, 6.07) is 8.93. The van der Waals surface area contributed by atoms with Gasteiger partial charge in [0, 0.05) is 49.4 Å². The third-order valence-electron chi connectivity index (χ3n) is 11.3. The fourth-order valence-electron chi connectivity index (χ4n) is 8.13. The number of hydrogen-bond acceptors (Lipinski definition) is 8. The van der Waals surface area contributed by atoms with Gasteiger partial charge in [0.25, 0.3) is 0 Å². The smallest absolute Gasteiger partial charge is 0.319 e. The summed E-state index contributed by atoms with van der Waals surface area (Å²) in [5.74, 6) is -0.928. The van der Waals surface area contributed by atoms with Crippen LogP contribution in [0.4, 0.5) is 14.6 Å². The maximum Gasteiger partial charge on any atom is 0.319 e. The van der Waals surface area contributed by atoms with Crippen molar-refractivity contribution >= 4 is 45.0 Å². The van der Waals surface area contributed by atoms with Crippen LogP contribution in [0.2, 0.25) is 5.02 Å². The van der Waals surface area contributed by atoms with E-state index >= 15 is 4.39 Å². The Morgan fingerprint density at radius 2 is 1.86 bits per heavy atom. The number of anilines is 1. The Balaban J connectivity index is 0.000000520. The highest BCUT2D eigenvalue weighted by Gasteiger charge is 2.45. The molecule has 2 aromatic heterocycles. The lowest BCUT2D eigenvalue weighted by Gasteiger charge is -2.34. The number of carbonyl (C=O) groups excluding carboxylic acids is 1. The first-order valence-electron chi connectivity index (χ1n) is 18.1. The van der Waals surface area contributed by atoms with E-state index in [-0.39, 0.29) is 39.7 Å². The highest BCUT2D eigenvalue weighted by Crippen LogP contribution is 2.41. The van der Waals surface area contributed by atoms with Crippen molar-refractivity contribution in [1.29, 1.82) is 0 Å². The van der Waals surface area contributed by atoms with Crippen molar-refractivity contribution in [2.24, 2.45) is 0 Å². The van der Waals surface area contributed by atoms with Crippen LogP contribution in [-0.2, 0) is 4.79 Å². The maximum absolute atomic E-state index is 16.6. The molecule has 6 heterocycles. The summed E-state index contributed by atoms with van der Waals surface area (Å²) in [5.41, 5.74) is 0.375. The van der Waals surface area contributed by atoms with E-state index in [9.17, 15) is 9.18 Å². The molecule has 0 bridgehead atoms. The highest BCUT2D eigenvalue weighted by atomic mass is 35.5. The minimum atomic E-state index is -0.673. The summed E-state index contributed by atoms with van der Waals surface area (Å²) in [6.07, 6.45) is 9.32. The second-order valence-electron chi connectivity index (χ2n) is 14.5. The van der Waals surface area contributed by atoms with Crippen LogP contribution in [0.5, 0.6) is 6.01 Å². The Morgan fingerprint density at radius 1 is 1.10 bits per heavy atom. The number of likely N-dealkylation sites (tertiary alicyclic amines) is 2. The van der Waals surface area contributed by atoms with E-state index < -0.39 is 11.6 Å². The molecule has 0 aliphatic carbocycles. The van der Waals surface area contributed by atoms with Gasteiger partial charge in [-0.1, -0.05) is 42.4 Å². The van der Waals surface area contributed by atoms with Crippen molar-refractivity contribution in [1.82, 2.24) is 29.7 Å². The fourth-order valence-corrected chi connectivity index (χ4v) is 8.40. The number of hydrogen-bond donors (Lipinski definition) is 0. The van der Waals surface area contributed by atoms with Gasteiger partial charge in [-0.05, 0) is 96.1 Å². The van der Waals surface area contributed by atoms with Crippen molar-refractivity contribution in [2.45, 2.75) is 70.0 Å². The zero-order valence-electron chi connectivity index (χ0n) is 29.7. The van der Waals surface area contributed by atoms with Crippen molar-refractivity contribution in [3.05, 3.63) is 65.8 Å². The number of benzene rings is 2. The predicted octanol–water partition coefficient (Wildman–Crippen LogP) is 7.11. The SMILES string of the molecule is C=CC(=O)N1CCC(N(C)c2nc(OCC34CCCN3CCC4)nc3c(F)c(-c4cccc5ccc(F)c(Cl)c45)ncc23)C1.CC(C)N1CCC1. The topological polar surface area (TPSA) is 77.9 Å². The number of fused-ring (bicyclic) bond motifs is 3. The number of nitrogens with zero attached hydrogens (tertiary/aromatic N) is 7. The van der Waals surface area contributed by atoms with E-state index in [0.717, 1.165) is 44.8 Å². The normalized spacial score (nSPS) is 20.0. The molecule has 1 atom stereocenters. The van der Waals surface area contributed by atoms with Crippen LogP contribution < -0.4 is 9.64 Å². The Kier molecular flexibility index (Phi) is 10.2. The van der Waals surface area contributed by atoms with Crippen molar-refractivity contribution < 1.29 is 18.3 Å². The van der Waals surface area contributed by atoms with E-state index in [2.05, 4.69) is 40.2 Å². The number of amides is 1. The molecule has 4 aliphatic rings. The summed E-state index contributed by atoms with van der Waals surface area (Å²) in [7, 11) is 1.88. The molecule has 1 unspecified atom stereocenters. The fraction of sp³-hybridized carbons (Fsp3) is 0.487. The molecule has 8 rings (SSSR count). The van der Waals surface area contributed by atoms with Gasteiger partial charge < -0.3 is 19.4 Å². The van der Waals surface area contributed by atoms with E-state index in [1.54, 1.807) is 35.4 Å². The van der Waals surface area contributed by atoms with Crippen LogP contribution in [0.25, 0.3) is 32.9 Å². The molecule has 4 saturated heterocycles. The van der Waals surface area contributed by atoms with Crippen LogP contribution in [0.1, 0.15) is 52.4 Å². The van der Waals surface area contributed by atoms with Crippen LogP contribution >= 0.6 is 11.6 Å². The van der Waals surface area contributed by atoms with E-state index in [1.165, 1.54) is 31.7 Å². The highest BCUT2D eigenvalue weighted by molar-refractivity contribution is 6.36. The van der Waals surface area contributed by atoms with Gasteiger partial charge in [0.15, 0.2) is 5.82 Å². The molecule has 4 aliphatic heterocycles. The Bertz CT molecular complexity index is 1940. The largest absolute Gasteiger partial charge is 0.461 e. The van der Waals surface area contributed by atoms with Crippen molar-refractivity contribution in [2.75, 3.05) is 57.8 Å². The van der Waals surface area contributed by atoms with Gasteiger partial charge in [-0.2, -0.15) is 9.97 Å². The second kappa shape index (κ2) is 14.6. The van der Waals surface area contributed by atoms with E-state index in [4.69, 9.17) is 21.3 Å². The average molecular weight is 718 g/mol. The summed E-state index contributed by atoms with van der Waals surface area (Å²) >= 11 is 6.39.